The van der Waals surface area contributed by atoms with Crippen molar-refractivity contribution in [1.82, 2.24) is 10.1 Å². The molecule has 0 saturated heterocycles. The fourth-order valence-electron chi connectivity index (χ4n) is 2.01. The Morgan fingerprint density at radius 1 is 1.32 bits per heavy atom. The monoisotopic (exact) mass is 261 g/mol. The molecule has 2 rings (SSSR count). The predicted molar refractivity (Wildman–Crippen MR) is 73.0 cm³/mol. The van der Waals surface area contributed by atoms with E-state index in [1.165, 1.54) is 0 Å². The van der Waals surface area contributed by atoms with Crippen LogP contribution in [-0.2, 0) is 0 Å². The molecular formula is C14H19N3O2. The molecule has 0 aliphatic rings. The van der Waals surface area contributed by atoms with Crippen molar-refractivity contribution in [2.75, 3.05) is 7.11 Å². The van der Waals surface area contributed by atoms with Gasteiger partial charge >= 0.3 is 0 Å². The van der Waals surface area contributed by atoms with Gasteiger partial charge in [-0.1, -0.05) is 12.1 Å². The van der Waals surface area contributed by atoms with Crippen LogP contribution in [0.5, 0.6) is 5.75 Å². The van der Waals surface area contributed by atoms with Crippen molar-refractivity contribution in [2.45, 2.75) is 32.2 Å². The second kappa shape index (κ2) is 5.84. The molecule has 2 aromatic rings. The largest absolute Gasteiger partial charge is 0.497 e. The van der Waals surface area contributed by atoms with Crippen molar-refractivity contribution in [1.29, 1.82) is 0 Å². The average Bonchev–Trinajstić information content (AvgIpc) is 2.89. The van der Waals surface area contributed by atoms with Crippen molar-refractivity contribution < 1.29 is 9.26 Å². The van der Waals surface area contributed by atoms with Crippen molar-refractivity contribution >= 4 is 0 Å². The standard InChI is InChI=1S/C14H19N3O2/c1-4-12(9(2)15)14-16-13(17-19-14)10-5-7-11(18-3)8-6-10/h5-9,12H,4,15H2,1-3H3. The molecule has 0 fully saturated rings. The number of nitrogens with two attached hydrogens (primary N) is 1. The molecule has 0 amide bonds. The number of nitrogens with zero attached hydrogens (tertiary/aromatic N) is 2. The third kappa shape index (κ3) is 2.93. The number of aromatic nitrogens is 2. The molecule has 2 atom stereocenters. The first-order valence-electron chi connectivity index (χ1n) is 6.39. The first kappa shape index (κ1) is 13.5. The predicted octanol–water partition coefficient (Wildman–Crippen LogP) is 2.59. The normalized spacial score (nSPS) is 14.1. The second-order valence-electron chi connectivity index (χ2n) is 4.56. The summed E-state index contributed by atoms with van der Waals surface area (Å²) >= 11 is 0. The average molecular weight is 261 g/mol. The Morgan fingerprint density at radius 3 is 2.53 bits per heavy atom. The molecule has 5 nitrogen and oxygen atoms in total. The van der Waals surface area contributed by atoms with E-state index in [0.29, 0.717) is 11.7 Å². The lowest BCUT2D eigenvalue weighted by Gasteiger charge is -2.13. The van der Waals surface area contributed by atoms with E-state index in [4.69, 9.17) is 15.0 Å². The van der Waals surface area contributed by atoms with Crippen LogP contribution < -0.4 is 10.5 Å². The Balaban J connectivity index is 2.24. The zero-order valence-corrected chi connectivity index (χ0v) is 11.5. The number of methoxy groups -OCH3 is 1. The summed E-state index contributed by atoms with van der Waals surface area (Å²) in [5, 5.41) is 4.01. The summed E-state index contributed by atoms with van der Waals surface area (Å²) in [6.07, 6.45) is 0.877. The minimum absolute atomic E-state index is 0.00540. The van der Waals surface area contributed by atoms with Crippen LogP contribution in [0, 0.1) is 0 Å². The van der Waals surface area contributed by atoms with Gasteiger partial charge in [0.25, 0.3) is 0 Å². The first-order chi connectivity index (χ1) is 9.15. The van der Waals surface area contributed by atoms with Crippen LogP contribution in [0.3, 0.4) is 0 Å². The van der Waals surface area contributed by atoms with Crippen LogP contribution in [0.25, 0.3) is 11.4 Å². The molecule has 1 aromatic carbocycles. The van der Waals surface area contributed by atoms with Gasteiger partial charge in [0.05, 0.1) is 13.0 Å². The lowest BCUT2D eigenvalue weighted by atomic mass is 9.99. The summed E-state index contributed by atoms with van der Waals surface area (Å²) in [7, 11) is 1.63. The minimum Gasteiger partial charge on any atom is -0.497 e. The van der Waals surface area contributed by atoms with E-state index in [-0.39, 0.29) is 12.0 Å². The Bertz CT molecular complexity index is 520. The lowest BCUT2D eigenvalue weighted by molar-refractivity contribution is 0.334. The highest BCUT2D eigenvalue weighted by atomic mass is 16.5. The molecule has 1 aromatic heterocycles. The number of hydrogen-bond acceptors (Lipinski definition) is 5. The van der Waals surface area contributed by atoms with Gasteiger partial charge in [0, 0.05) is 11.6 Å². The topological polar surface area (TPSA) is 74.2 Å². The zero-order valence-electron chi connectivity index (χ0n) is 11.5. The van der Waals surface area contributed by atoms with Gasteiger partial charge in [0.2, 0.25) is 11.7 Å². The van der Waals surface area contributed by atoms with Crippen LogP contribution in [0.1, 0.15) is 32.1 Å². The van der Waals surface area contributed by atoms with E-state index in [2.05, 4.69) is 17.1 Å². The quantitative estimate of drug-likeness (QED) is 0.895. The van der Waals surface area contributed by atoms with Crippen LogP contribution in [-0.4, -0.2) is 23.3 Å². The van der Waals surface area contributed by atoms with E-state index >= 15 is 0 Å². The summed E-state index contributed by atoms with van der Waals surface area (Å²) < 4.78 is 10.4. The Hall–Kier alpha value is -1.88. The summed E-state index contributed by atoms with van der Waals surface area (Å²) in [4.78, 5) is 4.43. The fraction of sp³-hybridized carbons (Fsp3) is 0.429. The van der Waals surface area contributed by atoms with E-state index in [9.17, 15) is 0 Å². The molecule has 5 heteroatoms. The third-order valence-corrected chi connectivity index (χ3v) is 3.18. The number of hydrogen-bond donors (Lipinski definition) is 1. The van der Waals surface area contributed by atoms with Crippen LogP contribution in [0.2, 0.25) is 0 Å². The van der Waals surface area contributed by atoms with Gasteiger partial charge in [0.15, 0.2) is 0 Å². The Labute approximate surface area is 112 Å². The van der Waals surface area contributed by atoms with E-state index < -0.39 is 0 Å². The van der Waals surface area contributed by atoms with Gasteiger partial charge in [-0.2, -0.15) is 4.98 Å². The molecule has 0 radical (unpaired) electrons. The van der Waals surface area contributed by atoms with Crippen LogP contribution in [0.4, 0.5) is 0 Å². The van der Waals surface area contributed by atoms with Crippen molar-refractivity contribution in [3.05, 3.63) is 30.2 Å². The maximum atomic E-state index is 5.92. The maximum Gasteiger partial charge on any atom is 0.231 e. The number of benzene rings is 1. The molecule has 1 heterocycles. The number of rotatable bonds is 5. The Morgan fingerprint density at radius 2 is 2.00 bits per heavy atom. The second-order valence-corrected chi connectivity index (χ2v) is 4.56. The van der Waals surface area contributed by atoms with Gasteiger partial charge < -0.3 is 15.0 Å². The minimum atomic E-state index is -0.00540. The molecule has 0 aliphatic heterocycles. The molecule has 0 spiro atoms. The lowest BCUT2D eigenvalue weighted by Crippen LogP contribution is -2.24. The van der Waals surface area contributed by atoms with Gasteiger partial charge in [-0.3, -0.25) is 0 Å². The SMILES string of the molecule is CCC(c1nc(-c2ccc(OC)cc2)no1)C(C)N. The summed E-state index contributed by atoms with van der Waals surface area (Å²) in [5.74, 6) is 2.08. The van der Waals surface area contributed by atoms with E-state index in [1.807, 2.05) is 31.2 Å². The maximum absolute atomic E-state index is 5.92. The highest BCUT2D eigenvalue weighted by Gasteiger charge is 2.21. The van der Waals surface area contributed by atoms with Crippen LogP contribution >= 0.6 is 0 Å². The molecular weight excluding hydrogens is 242 g/mol. The molecule has 0 bridgehead atoms. The molecule has 2 N–H and O–H groups in total. The third-order valence-electron chi connectivity index (χ3n) is 3.18. The summed E-state index contributed by atoms with van der Waals surface area (Å²) in [6, 6.07) is 7.54. The smallest absolute Gasteiger partial charge is 0.231 e. The molecule has 0 saturated carbocycles. The van der Waals surface area contributed by atoms with E-state index in [0.717, 1.165) is 17.7 Å². The van der Waals surface area contributed by atoms with Gasteiger partial charge in [-0.25, -0.2) is 0 Å². The Kier molecular flexibility index (Phi) is 4.16. The summed E-state index contributed by atoms with van der Waals surface area (Å²) in [6.45, 7) is 4.01. The highest BCUT2D eigenvalue weighted by molar-refractivity contribution is 5.55. The zero-order chi connectivity index (χ0) is 13.8. The van der Waals surface area contributed by atoms with Gasteiger partial charge in [-0.15, -0.1) is 0 Å². The van der Waals surface area contributed by atoms with Crippen molar-refractivity contribution in [2.24, 2.45) is 5.73 Å². The molecule has 2 unspecified atom stereocenters. The first-order valence-corrected chi connectivity index (χ1v) is 6.39. The summed E-state index contributed by atoms with van der Waals surface area (Å²) in [5.41, 5.74) is 6.82. The van der Waals surface area contributed by atoms with Gasteiger partial charge in [-0.05, 0) is 37.6 Å². The highest BCUT2D eigenvalue weighted by Crippen LogP contribution is 2.25. The van der Waals surface area contributed by atoms with Crippen molar-refractivity contribution in [3.63, 3.8) is 0 Å². The van der Waals surface area contributed by atoms with E-state index in [1.54, 1.807) is 7.11 Å². The molecule has 19 heavy (non-hydrogen) atoms. The molecule has 102 valence electrons. The fourth-order valence-corrected chi connectivity index (χ4v) is 2.01. The van der Waals surface area contributed by atoms with Gasteiger partial charge in [0.1, 0.15) is 5.75 Å². The number of ether oxygens (including phenoxy) is 1. The van der Waals surface area contributed by atoms with Crippen molar-refractivity contribution in [3.8, 4) is 17.1 Å². The van der Waals surface area contributed by atoms with Crippen LogP contribution in [0.15, 0.2) is 28.8 Å². The molecule has 0 aliphatic carbocycles.